The quantitative estimate of drug-likeness (QED) is 0.509. The summed E-state index contributed by atoms with van der Waals surface area (Å²) >= 11 is 0. The first kappa shape index (κ1) is 25.0. The maximum absolute atomic E-state index is 14.4. The van der Waals surface area contributed by atoms with Crippen molar-refractivity contribution < 1.29 is 27.8 Å². The van der Waals surface area contributed by atoms with E-state index in [0.29, 0.717) is 17.5 Å². The van der Waals surface area contributed by atoms with Crippen molar-refractivity contribution in [2.75, 3.05) is 0 Å². The molecule has 9 heteroatoms. The Morgan fingerprint density at radius 2 is 1.86 bits per heavy atom. The van der Waals surface area contributed by atoms with Crippen LogP contribution in [0.3, 0.4) is 0 Å². The monoisotopic (exact) mass is 485 g/mol. The van der Waals surface area contributed by atoms with Crippen molar-refractivity contribution in [3.8, 4) is 11.3 Å². The first-order chi connectivity index (χ1) is 16.7. The number of pyridine rings is 2. The van der Waals surface area contributed by atoms with E-state index in [1.54, 1.807) is 12.3 Å². The van der Waals surface area contributed by atoms with Crippen molar-refractivity contribution in [2.24, 2.45) is 11.7 Å². The van der Waals surface area contributed by atoms with E-state index < -0.39 is 58.8 Å². The number of Topliss-reactive ketones (excluding diaryl/α,β-unsaturated/α-hetero) is 1. The molecule has 1 saturated heterocycles. The van der Waals surface area contributed by atoms with Gasteiger partial charge in [0.15, 0.2) is 5.78 Å². The van der Waals surface area contributed by atoms with Crippen LogP contribution >= 0.6 is 0 Å². The highest BCUT2D eigenvalue weighted by molar-refractivity contribution is 5.96. The number of ketones is 1. The van der Waals surface area contributed by atoms with E-state index in [1.165, 1.54) is 12.3 Å². The Bertz CT molecular complexity index is 1220. The van der Waals surface area contributed by atoms with Crippen LogP contribution in [0.25, 0.3) is 11.3 Å². The number of rotatable bonds is 6. The molecule has 0 radical (unpaired) electrons. The molecule has 3 N–H and O–H groups in total. The molecule has 3 aromatic rings. The Morgan fingerprint density at radius 1 is 1.14 bits per heavy atom. The zero-order valence-corrected chi connectivity index (χ0v) is 19.3. The highest BCUT2D eigenvalue weighted by Gasteiger charge is 2.38. The van der Waals surface area contributed by atoms with Crippen LogP contribution in [0, 0.1) is 23.4 Å². The Morgan fingerprint density at radius 3 is 2.54 bits per heavy atom. The summed E-state index contributed by atoms with van der Waals surface area (Å²) in [4.78, 5) is 21.2. The maximum Gasteiger partial charge on any atom is 0.185 e. The van der Waals surface area contributed by atoms with Crippen molar-refractivity contribution in [2.45, 2.75) is 51.0 Å². The van der Waals surface area contributed by atoms with Crippen molar-refractivity contribution in [1.29, 1.82) is 0 Å². The smallest absolute Gasteiger partial charge is 0.185 e. The minimum Gasteiger partial charge on any atom is -0.389 e. The Balaban J connectivity index is 1.63. The second-order valence-electron chi connectivity index (χ2n) is 9.02. The molecule has 4 atom stereocenters. The molecule has 1 aliphatic rings. The van der Waals surface area contributed by atoms with E-state index in [9.17, 15) is 23.1 Å². The van der Waals surface area contributed by atoms with Gasteiger partial charge in [-0.25, -0.2) is 18.2 Å². The number of aliphatic hydroxyl groups excluding tert-OH is 1. The third-order valence-corrected chi connectivity index (χ3v) is 6.21. The Kier molecular flexibility index (Phi) is 7.30. The first-order valence-corrected chi connectivity index (χ1v) is 11.3. The largest absolute Gasteiger partial charge is 0.389 e. The third kappa shape index (κ3) is 5.12. The van der Waals surface area contributed by atoms with Gasteiger partial charge in [-0.3, -0.25) is 9.78 Å². The first-order valence-electron chi connectivity index (χ1n) is 11.3. The van der Waals surface area contributed by atoms with E-state index in [2.05, 4.69) is 9.97 Å². The predicted molar refractivity (Wildman–Crippen MR) is 123 cm³/mol. The molecular formula is C26H26F3N3O3. The number of carbonyl (C=O) groups is 1. The lowest BCUT2D eigenvalue weighted by Crippen LogP contribution is -2.52. The molecule has 0 aliphatic carbocycles. The highest BCUT2D eigenvalue weighted by Crippen LogP contribution is 2.35. The third-order valence-electron chi connectivity index (χ3n) is 6.21. The standard InChI is InChI=1S/C26H26F3N3O3/c1-13(2)26-25(34)19(30)11-22(35-26)15-8-9-31-12-14(15)10-21(33)20-7-6-18(29)24(32-20)23-16(27)4-3-5-17(23)28/h3-9,12-13,19,22,25-26,34H,10-11,30H2,1-2H3/t19-,22-,25+,26-/m1/s1. The molecular weight excluding hydrogens is 459 g/mol. The number of benzene rings is 1. The molecule has 0 saturated carbocycles. The molecule has 0 unspecified atom stereocenters. The minimum atomic E-state index is -0.983. The fourth-order valence-electron chi connectivity index (χ4n) is 4.37. The van der Waals surface area contributed by atoms with E-state index in [1.807, 2.05) is 13.8 Å². The van der Waals surface area contributed by atoms with E-state index >= 15 is 0 Å². The number of hydrogen-bond donors (Lipinski definition) is 2. The molecule has 1 fully saturated rings. The molecule has 2 aromatic heterocycles. The van der Waals surface area contributed by atoms with Gasteiger partial charge in [-0.2, -0.15) is 0 Å². The average molecular weight is 486 g/mol. The number of aromatic nitrogens is 2. The molecule has 6 nitrogen and oxygen atoms in total. The van der Waals surface area contributed by atoms with Crippen LogP contribution in [0.1, 0.15) is 48.0 Å². The number of nitrogens with two attached hydrogens (primary N) is 1. The van der Waals surface area contributed by atoms with Crippen LogP contribution in [0.5, 0.6) is 0 Å². The van der Waals surface area contributed by atoms with Gasteiger partial charge in [0.05, 0.1) is 23.9 Å². The molecule has 3 heterocycles. The lowest BCUT2D eigenvalue weighted by molar-refractivity contribution is -0.145. The zero-order chi connectivity index (χ0) is 25.3. The van der Waals surface area contributed by atoms with Gasteiger partial charge in [-0.15, -0.1) is 0 Å². The van der Waals surface area contributed by atoms with E-state index in [4.69, 9.17) is 10.5 Å². The summed E-state index contributed by atoms with van der Waals surface area (Å²) in [6.45, 7) is 3.85. The zero-order valence-electron chi connectivity index (χ0n) is 19.3. The maximum atomic E-state index is 14.4. The average Bonchev–Trinajstić information content (AvgIpc) is 2.82. The summed E-state index contributed by atoms with van der Waals surface area (Å²) in [6, 6.07) is 6.51. The van der Waals surface area contributed by atoms with Crippen molar-refractivity contribution in [3.63, 3.8) is 0 Å². The normalized spacial score (nSPS) is 22.4. The fraction of sp³-hybridized carbons (Fsp3) is 0.346. The minimum absolute atomic E-state index is 0.0198. The van der Waals surface area contributed by atoms with Crippen molar-refractivity contribution >= 4 is 5.78 Å². The van der Waals surface area contributed by atoms with Crippen LogP contribution in [0.15, 0.2) is 48.8 Å². The van der Waals surface area contributed by atoms with Gasteiger partial charge in [0.1, 0.15) is 28.8 Å². The number of aliphatic hydroxyl groups is 1. The number of hydrogen-bond acceptors (Lipinski definition) is 6. The predicted octanol–water partition coefficient (Wildman–Crippen LogP) is 4.16. The molecule has 1 aromatic carbocycles. The summed E-state index contributed by atoms with van der Waals surface area (Å²) < 4.78 is 49.0. The van der Waals surface area contributed by atoms with Gasteiger partial charge in [0.25, 0.3) is 0 Å². The topological polar surface area (TPSA) is 98.3 Å². The van der Waals surface area contributed by atoms with Gasteiger partial charge < -0.3 is 15.6 Å². The van der Waals surface area contributed by atoms with E-state index in [-0.39, 0.29) is 18.0 Å². The van der Waals surface area contributed by atoms with Gasteiger partial charge in [0, 0.05) is 24.9 Å². The second kappa shape index (κ2) is 10.2. The molecule has 0 bridgehead atoms. The summed E-state index contributed by atoms with van der Waals surface area (Å²) in [7, 11) is 0. The number of halogens is 3. The summed E-state index contributed by atoms with van der Waals surface area (Å²) in [5.41, 5.74) is 6.07. The molecule has 184 valence electrons. The van der Waals surface area contributed by atoms with Crippen LogP contribution in [0.4, 0.5) is 13.2 Å². The van der Waals surface area contributed by atoms with Gasteiger partial charge in [-0.1, -0.05) is 19.9 Å². The SMILES string of the molecule is CC(C)[C@H]1O[C@@H](c2ccncc2CC(=O)c2ccc(F)c(-c3c(F)cccc3F)n2)C[C@@H](N)[C@@H]1O. The molecule has 1 aliphatic heterocycles. The highest BCUT2D eigenvalue weighted by atomic mass is 19.1. The van der Waals surface area contributed by atoms with Crippen LogP contribution in [0.2, 0.25) is 0 Å². The van der Waals surface area contributed by atoms with E-state index in [0.717, 1.165) is 24.3 Å². The summed E-state index contributed by atoms with van der Waals surface area (Å²) in [6.07, 6.45) is 1.56. The van der Waals surface area contributed by atoms with Gasteiger partial charge in [0.2, 0.25) is 0 Å². The Labute approximate surface area is 201 Å². The van der Waals surface area contributed by atoms with Crippen molar-refractivity contribution in [3.05, 3.63) is 83.1 Å². The van der Waals surface area contributed by atoms with Gasteiger partial charge in [-0.05, 0) is 53.8 Å². The van der Waals surface area contributed by atoms with Crippen molar-refractivity contribution in [1.82, 2.24) is 9.97 Å². The Hall–Kier alpha value is -3.14. The van der Waals surface area contributed by atoms with Gasteiger partial charge >= 0.3 is 0 Å². The molecule has 0 amide bonds. The molecule has 0 spiro atoms. The lowest BCUT2D eigenvalue weighted by atomic mass is 9.86. The van der Waals surface area contributed by atoms with Crippen LogP contribution < -0.4 is 5.73 Å². The summed E-state index contributed by atoms with van der Waals surface area (Å²) in [5.74, 6) is -3.38. The summed E-state index contributed by atoms with van der Waals surface area (Å²) in [5, 5.41) is 10.4. The molecule has 35 heavy (non-hydrogen) atoms. The lowest BCUT2D eigenvalue weighted by Gasteiger charge is -2.40. The number of carbonyl (C=O) groups excluding carboxylic acids is 1. The second-order valence-corrected chi connectivity index (χ2v) is 9.02. The fourth-order valence-corrected chi connectivity index (χ4v) is 4.37. The van der Waals surface area contributed by atoms with Crippen LogP contribution in [-0.2, 0) is 11.2 Å². The number of nitrogens with zero attached hydrogens (tertiary/aromatic N) is 2. The molecule has 4 rings (SSSR count). The van der Waals surface area contributed by atoms with Crippen LogP contribution in [-0.4, -0.2) is 39.1 Å². The number of ether oxygens (including phenoxy) is 1.